The molecule has 0 atom stereocenters. The third-order valence-electron chi connectivity index (χ3n) is 4.16. The third-order valence-corrected chi connectivity index (χ3v) is 5.27. The highest BCUT2D eigenvalue weighted by atomic mass is 32.2. The van der Waals surface area contributed by atoms with Gasteiger partial charge in [0.05, 0.1) is 22.5 Å². The summed E-state index contributed by atoms with van der Waals surface area (Å²) in [5, 5.41) is 3.15. The van der Waals surface area contributed by atoms with Gasteiger partial charge in [0.15, 0.2) is 9.84 Å². The standard InChI is InChI=1S/C19H18F3N3O2S/c1-25-11-18(24-12-25)16-9-15(28(2,26)27)7-8-17(16)23-10-13-3-5-14(6-4-13)19(20,21)22/h3-9,11-12,23H,10H2,1-2H3. The molecule has 3 rings (SSSR count). The van der Waals surface area contributed by atoms with Crippen molar-refractivity contribution >= 4 is 15.5 Å². The van der Waals surface area contributed by atoms with Crippen LogP contribution in [0.4, 0.5) is 18.9 Å². The van der Waals surface area contributed by atoms with E-state index < -0.39 is 21.6 Å². The van der Waals surface area contributed by atoms with E-state index in [1.165, 1.54) is 24.3 Å². The summed E-state index contributed by atoms with van der Waals surface area (Å²) in [7, 11) is -1.60. The molecule has 0 saturated heterocycles. The number of nitrogens with zero attached hydrogens (tertiary/aromatic N) is 2. The summed E-state index contributed by atoms with van der Waals surface area (Å²) in [6, 6.07) is 9.52. The number of benzene rings is 2. The normalized spacial score (nSPS) is 12.2. The second kappa shape index (κ2) is 7.31. The molecule has 0 saturated carbocycles. The van der Waals surface area contributed by atoms with Gasteiger partial charge in [-0.3, -0.25) is 0 Å². The highest BCUT2D eigenvalue weighted by Crippen LogP contribution is 2.31. The van der Waals surface area contributed by atoms with Gasteiger partial charge in [0.2, 0.25) is 0 Å². The van der Waals surface area contributed by atoms with Gasteiger partial charge in [0.1, 0.15) is 0 Å². The topological polar surface area (TPSA) is 64.0 Å². The second-order valence-corrected chi connectivity index (χ2v) is 8.47. The van der Waals surface area contributed by atoms with Crippen LogP contribution in [0, 0.1) is 0 Å². The van der Waals surface area contributed by atoms with Crippen molar-refractivity contribution in [1.29, 1.82) is 0 Å². The molecule has 3 aromatic rings. The molecule has 0 aliphatic heterocycles. The number of aromatic nitrogens is 2. The summed E-state index contributed by atoms with van der Waals surface area (Å²) < 4.78 is 63.5. The van der Waals surface area contributed by atoms with Crippen LogP contribution in [0.1, 0.15) is 11.1 Å². The maximum Gasteiger partial charge on any atom is 0.416 e. The van der Waals surface area contributed by atoms with Crippen molar-refractivity contribution in [1.82, 2.24) is 9.55 Å². The molecule has 148 valence electrons. The molecule has 0 radical (unpaired) electrons. The highest BCUT2D eigenvalue weighted by molar-refractivity contribution is 7.90. The summed E-state index contributed by atoms with van der Waals surface area (Å²) >= 11 is 0. The summed E-state index contributed by atoms with van der Waals surface area (Å²) in [6.45, 7) is 0.274. The average Bonchev–Trinajstić information content (AvgIpc) is 3.05. The number of nitrogens with one attached hydrogen (secondary N) is 1. The van der Waals surface area contributed by atoms with Crippen molar-refractivity contribution in [2.45, 2.75) is 17.6 Å². The summed E-state index contributed by atoms with van der Waals surface area (Å²) in [4.78, 5) is 4.43. The van der Waals surface area contributed by atoms with E-state index in [1.54, 1.807) is 30.2 Å². The zero-order chi connectivity index (χ0) is 20.5. The Morgan fingerprint density at radius 2 is 1.79 bits per heavy atom. The van der Waals surface area contributed by atoms with Crippen LogP contribution < -0.4 is 5.32 Å². The lowest BCUT2D eigenvalue weighted by Gasteiger charge is -2.13. The highest BCUT2D eigenvalue weighted by Gasteiger charge is 2.29. The maximum absolute atomic E-state index is 12.7. The van der Waals surface area contributed by atoms with Crippen LogP contribution in [0.3, 0.4) is 0 Å². The van der Waals surface area contributed by atoms with Crippen molar-refractivity contribution in [2.24, 2.45) is 7.05 Å². The summed E-state index contributed by atoms with van der Waals surface area (Å²) in [5.74, 6) is 0. The molecular formula is C19H18F3N3O2S. The Morgan fingerprint density at radius 1 is 1.11 bits per heavy atom. The maximum atomic E-state index is 12.7. The lowest BCUT2D eigenvalue weighted by Crippen LogP contribution is -2.06. The minimum absolute atomic E-state index is 0.160. The molecule has 2 aromatic carbocycles. The van der Waals surface area contributed by atoms with Crippen LogP contribution in [0.25, 0.3) is 11.3 Å². The predicted molar refractivity (Wildman–Crippen MR) is 101 cm³/mol. The van der Waals surface area contributed by atoms with Crippen molar-refractivity contribution in [2.75, 3.05) is 11.6 Å². The monoisotopic (exact) mass is 409 g/mol. The summed E-state index contributed by atoms with van der Waals surface area (Å²) in [6.07, 6.45) is 0.103. The van der Waals surface area contributed by atoms with Gasteiger partial charge < -0.3 is 9.88 Å². The zero-order valence-electron chi connectivity index (χ0n) is 15.2. The Balaban J connectivity index is 1.89. The molecule has 0 bridgehead atoms. The molecule has 28 heavy (non-hydrogen) atoms. The number of sulfone groups is 1. The van der Waals surface area contributed by atoms with Gasteiger partial charge in [0.25, 0.3) is 0 Å². The summed E-state index contributed by atoms with van der Waals surface area (Å²) in [5.41, 5.74) is 1.76. The van der Waals surface area contributed by atoms with E-state index in [-0.39, 0.29) is 11.4 Å². The van der Waals surface area contributed by atoms with Gasteiger partial charge in [0, 0.05) is 37.3 Å². The first kappa shape index (κ1) is 19.9. The first-order chi connectivity index (χ1) is 13.0. The largest absolute Gasteiger partial charge is 0.416 e. The van der Waals surface area contributed by atoms with Gasteiger partial charge in [-0.05, 0) is 35.9 Å². The van der Waals surface area contributed by atoms with Crippen LogP contribution in [0.2, 0.25) is 0 Å². The number of aryl methyl sites for hydroxylation is 1. The van der Waals surface area contributed by atoms with E-state index >= 15 is 0 Å². The fourth-order valence-electron chi connectivity index (χ4n) is 2.68. The van der Waals surface area contributed by atoms with Gasteiger partial charge in [-0.1, -0.05) is 12.1 Å². The first-order valence-corrected chi connectivity index (χ1v) is 10.2. The molecule has 0 unspecified atom stereocenters. The average molecular weight is 409 g/mol. The SMILES string of the molecule is Cn1cnc(-c2cc(S(C)(=O)=O)ccc2NCc2ccc(C(F)(F)F)cc2)c1. The van der Waals surface area contributed by atoms with Crippen LogP contribution in [-0.4, -0.2) is 24.2 Å². The molecule has 0 aliphatic rings. The second-order valence-electron chi connectivity index (χ2n) is 6.45. The number of hydrogen-bond acceptors (Lipinski definition) is 4. The molecule has 0 spiro atoms. The Morgan fingerprint density at radius 3 is 2.32 bits per heavy atom. The van der Waals surface area contributed by atoms with E-state index in [1.807, 2.05) is 0 Å². The minimum Gasteiger partial charge on any atom is -0.380 e. The van der Waals surface area contributed by atoms with E-state index in [2.05, 4.69) is 10.3 Å². The lowest BCUT2D eigenvalue weighted by atomic mass is 10.1. The number of anilines is 1. The first-order valence-electron chi connectivity index (χ1n) is 8.26. The number of rotatable bonds is 5. The van der Waals surface area contributed by atoms with E-state index in [0.29, 0.717) is 22.5 Å². The van der Waals surface area contributed by atoms with Gasteiger partial charge >= 0.3 is 6.18 Å². The fourth-order valence-corrected chi connectivity index (χ4v) is 3.33. The van der Waals surface area contributed by atoms with Crippen LogP contribution >= 0.6 is 0 Å². The molecule has 5 nitrogen and oxygen atoms in total. The number of hydrogen-bond donors (Lipinski definition) is 1. The quantitative estimate of drug-likeness (QED) is 0.689. The Bertz CT molecular complexity index is 1090. The van der Waals surface area contributed by atoms with E-state index in [0.717, 1.165) is 18.4 Å². The van der Waals surface area contributed by atoms with E-state index in [4.69, 9.17) is 0 Å². The van der Waals surface area contributed by atoms with Crippen molar-refractivity contribution in [3.8, 4) is 11.3 Å². The van der Waals surface area contributed by atoms with E-state index in [9.17, 15) is 21.6 Å². The fraction of sp³-hybridized carbons (Fsp3) is 0.211. The Hall–Kier alpha value is -2.81. The lowest BCUT2D eigenvalue weighted by molar-refractivity contribution is -0.137. The third kappa shape index (κ3) is 4.53. The van der Waals surface area contributed by atoms with Gasteiger partial charge in [-0.15, -0.1) is 0 Å². The van der Waals surface area contributed by atoms with Crippen LogP contribution in [0.15, 0.2) is 59.9 Å². The molecular weight excluding hydrogens is 391 g/mol. The molecule has 1 aromatic heterocycles. The Labute approximate surface area is 160 Å². The molecule has 1 heterocycles. The Kier molecular flexibility index (Phi) is 5.20. The van der Waals surface area contributed by atoms with Crippen LogP contribution in [0.5, 0.6) is 0 Å². The zero-order valence-corrected chi connectivity index (χ0v) is 16.0. The van der Waals surface area contributed by atoms with Gasteiger partial charge in [-0.25, -0.2) is 13.4 Å². The molecule has 0 fully saturated rings. The number of alkyl halides is 3. The van der Waals surface area contributed by atoms with Crippen molar-refractivity contribution < 1.29 is 21.6 Å². The molecule has 9 heteroatoms. The number of halogens is 3. The van der Waals surface area contributed by atoms with Gasteiger partial charge in [-0.2, -0.15) is 13.2 Å². The smallest absolute Gasteiger partial charge is 0.380 e. The predicted octanol–water partition coefficient (Wildman–Crippen LogP) is 4.12. The molecule has 0 aliphatic carbocycles. The molecule has 1 N–H and O–H groups in total. The van der Waals surface area contributed by atoms with Crippen LogP contribution in [-0.2, 0) is 29.6 Å². The van der Waals surface area contributed by atoms with Crippen molar-refractivity contribution in [3.63, 3.8) is 0 Å². The van der Waals surface area contributed by atoms with Crippen molar-refractivity contribution in [3.05, 3.63) is 66.1 Å². The number of imidazole rings is 1. The minimum atomic E-state index is -4.38. The molecule has 0 amide bonds.